The van der Waals surface area contributed by atoms with E-state index < -0.39 is 0 Å². The molecule has 0 unspecified atom stereocenters. The molecule has 5 heteroatoms. The van der Waals surface area contributed by atoms with Gasteiger partial charge in [0.1, 0.15) is 22.9 Å². The van der Waals surface area contributed by atoms with E-state index in [0.717, 1.165) is 50.7 Å². The molecule has 1 aliphatic carbocycles. The van der Waals surface area contributed by atoms with Crippen LogP contribution in [0.4, 0.5) is 5.82 Å². The third kappa shape index (κ3) is 3.35. The van der Waals surface area contributed by atoms with E-state index in [2.05, 4.69) is 65.7 Å². The first-order chi connectivity index (χ1) is 16.1. The summed E-state index contributed by atoms with van der Waals surface area (Å²) in [5, 5.41) is 1.10. The minimum atomic E-state index is 0.462. The van der Waals surface area contributed by atoms with Crippen molar-refractivity contribution in [3.63, 3.8) is 0 Å². The highest BCUT2D eigenvalue weighted by Crippen LogP contribution is 2.46. The van der Waals surface area contributed by atoms with Gasteiger partial charge in [-0.25, -0.2) is 15.0 Å². The molecule has 0 radical (unpaired) electrons. The molecule has 6 rings (SSSR count). The van der Waals surface area contributed by atoms with Crippen LogP contribution in [-0.4, -0.2) is 19.4 Å². The number of hydrogen-bond donors (Lipinski definition) is 1. The number of nitrogens with two attached hydrogens (primary N) is 1. The highest BCUT2D eigenvalue weighted by Gasteiger charge is 2.35. The largest absolute Gasteiger partial charge is 0.382 e. The highest BCUT2D eigenvalue weighted by atomic mass is 15.1. The van der Waals surface area contributed by atoms with E-state index in [4.69, 9.17) is 15.7 Å². The number of fused-ring (bicyclic) bond motifs is 2. The first-order valence-electron chi connectivity index (χ1n) is 11.7. The lowest BCUT2D eigenvalue weighted by Crippen LogP contribution is -2.27. The normalized spacial score (nSPS) is 18.2. The molecule has 3 heterocycles. The van der Waals surface area contributed by atoms with Crippen LogP contribution in [0.3, 0.4) is 0 Å². The van der Waals surface area contributed by atoms with E-state index in [1.54, 1.807) is 6.20 Å². The van der Waals surface area contributed by atoms with Crippen LogP contribution in [0.1, 0.15) is 38.4 Å². The number of hydrogen-bond acceptors (Lipinski definition) is 4. The van der Waals surface area contributed by atoms with Gasteiger partial charge in [-0.05, 0) is 36.8 Å². The number of nitrogens with zero attached hydrogens (tertiary/aromatic N) is 4. The molecule has 2 aromatic carbocycles. The molecule has 3 aromatic heterocycles. The molecule has 0 atom stereocenters. The first-order valence-corrected chi connectivity index (χ1v) is 11.7. The fourth-order valence-corrected chi connectivity index (χ4v) is 5.03. The molecule has 2 N–H and O–H groups in total. The molecule has 5 aromatic rings. The van der Waals surface area contributed by atoms with Gasteiger partial charge in [0.2, 0.25) is 0 Å². The zero-order valence-corrected chi connectivity index (χ0v) is 18.9. The number of pyridine rings is 1. The van der Waals surface area contributed by atoms with Crippen molar-refractivity contribution in [2.24, 2.45) is 11.8 Å². The highest BCUT2D eigenvalue weighted by molar-refractivity contribution is 5.91. The van der Waals surface area contributed by atoms with Gasteiger partial charge in [-0.3, -0.25) is 4.40 Å². The summed E-state index contributed by atoms with van der Waals surface area (Å²) >= 11 is 0. The molecular formula is C28H27N5. The molecule has 164 valence electrons. The van der Waals surface area contributed by atoms with Gasteiger partial charge in [0.25, 0.3) is 0 Å². The number of rotatable bonds is 4. The molecule has 0 bridgehead atoms. The lowest BCUT2D eigenvalue weighted by Gasteiger charge is -2.37. The third-order valence-electron chi connectivity index (χ3n) is 7.13. The van der Waals surface area contributed by atoms with E-state index in [-0.39, 0.29) is 0 Å². The second-order valence-electron chi connectivity index (χ2n) is 9.49. The molecule has 33 heavy (non-hydrogen) atoms. The van der Waals surface area contributed by atoms with Gasteiger partial charge < -0.3 is 5.73 Å². The van der Waals surface area contributed by atoms with Crippen LogP contribution >= 0.6 is 0 Å². The predicted octanol–water partition coefficient (Wildman–Crippen LogP) is 6.34. The monoisotopic (exact) mass is 433 g/mol. The lowest BCUT2D eigenvalue weighted by atomic mass is 9.69. The number of nitrogen functional groups attached to an aromatic ring is 1. The summed E-state index contributed by atoms with van der Waals surface area (Å²) in [7, 11) is 0. The number of aromatic nitrogens is 4. The smallest absolute Gasteiger partial charge is 0.150 e. The Morgan fingerprint density at radius 3 is 2.52 bits per heavy atom. The third-order valence-corrected chi connectivity index (χ3v) is 7.13. The van der Waals surface area contributed by atoms with Gasteiger partial charge in [0.05, 0.1) is 11.2 Å². The number of imidazole rings is 1. The fourth-order valence-electron chi connectivity index (χ4n) is 5.03. The first kappa shape index (κ1) is 19.9. The molecule has 0 aliphatic heterocycles. The van der Waals surface area contributed by atoms with Crippen molar-refractivity contribution in [3.05, 3.63) is 78.9 Å². The summed E-state index contributed by atoms with van der Waals surface area (Å²) < 4.78 is 2.15. The molecule has 1 saturated carbocycles. The molecular weight excluding hydrogens is 406 g/mol. The maximum Gasteiger partial charge on any atom is 0.150 e. The molecule has 0 saturated heterocycles. The zero-order valence-electron chi connectivity index (χ0n) is 18.9. The lowest BCUT2D eigenvalue weighted by molar-refractivity contribution is 0.190. The Morgan fingerprint density at radius 1 is 0.939 bits per heavy atom. The molecule has 1 fully saturated rings. The zero-order chi connectivity index (χ0) is 22.5. The molecule has 0 spiro atoms. The number of anilines is 1. The van der Waals surface area contributed by atoms with Crippen molar-refractivity contribution in [2.45, 2.75) is 32.6 Å². The van der Waals surface area contributed by atoms with Gasteiger partial charge in [-0.1, -0.05) is 62.4 Å². The summed E-state index contributed by atoms with van der Waals surface area (Å²) in [6, 6.07) is 20.8. The Balaban J connectivity index is 1.47. The van der Waals surface area contributed by atoms with Crippen LogP contribution in [0, 0.1) is 11.8 Å². The van der Waals surface area contributed by atoms with Gasteiger partial charge in [0, 0.05) is 34.8 Å². The average molecular weight is 434 g/mol. The van der Waals surface area contributed by atoms with E-state index in [1.165, 1.54) is 12.8 Å². The Hall–Kier alpha value is -3.73. The van der Waals surface area contributed by atoms with Crippen molar-refractivity contribution in [2.75, 3.05) is 5.73 Å². The van der Waals surface area contributed by atoms with Crippen molar-refractivity contribution in [1.82, 2.24) is 19.4 Å². The predicted molar refractivity (Wildman–Crippen MR) is 134 cm³/mol. The van der Waals surface area contributed by atoms with Gasteiger partial charge in [0.15, 0.2) is 0 Å². The second-order valence-corrected chi connectivity index (χ2v) is 9.49. The molecule has 1 aliphatic rings. The van der Waals surface area contributed by atoms with Crippen LogP contribution in [0.5, 0.6) is 0 Å². The van der Waals surface area contributed by atoms with Crippen molar-refractivity contribution < 1.29 is 0 Å². The van der Waals surface area contributed by atoms with Crippen LogP contribution in [0.15, 0.2) is 73.1 Å². The van der Waals surface area contributed by atoms with Crippen molar-refractivity contribution >= 4 is 22.2 Å². The maximum atomic E-state index is 6.37. The van der Waals surface area contributed by atoms with Crippen molar-refractivity contribution in [1.29, 1.82) is 0 Å². The van der Waals surface area contributed by atoms with Crippen LogP contribution in [0.2, 0.25) is 0 Å². The van der Waals surface area contributed by atoms with Gasteiger partial charge in [-0.15, -0.1) is 0 Å². The summed E-state index contributed by atoms with van der Waals surface area (Å²) in [4.78, 5) is 14.5. The van der Waals surface area contributed by atoms with Crippen LogP contribution in [-0.2, 0) is 0 Å². The average Bonchev–Trinajstić information content (AvgIpc) is 3.18. The quantitative estimate of drug-likeness (QED) is 0.359. The Kier molecular flexibility index (Phi) is 4.64. The van der Waals surface area contributed by atoms with E-state index in [9.17, 15) is 0 Å². The Labute approximate surface area is 193 Å². The van der Waals surface area contributed by atoms with E-state index in [1.807, 2.05) is 24.4 Å². The van der Waals surface area contributed by atoms with E-state index in [0.29, 0.717) is 17.7 Å². The minimum absolute atomic E-state index is 0.462. The molecule has 5 nitrogen and oxygen atoms in total. The maximum absolute atomic E-state index is 6.37. The van der Waals surface area contributed by atoms with Crippen LogP contribution < -0.4 is 5.73 Å². The summed E-state index contributed by atoms with van der Waals surface area (Å²) in [6.07, 6.45) is 6.12. The number of benzene rings is 2. The molecule has 0 amide bonds. The van der Waals surface area contributed by atoms with Gasteiger partial charge in [-0.2, -0.15) is 0 Å². The minimum Gasteiger partial charge on any atom is -0.382 e. The Morgan fingerprint density at radius 2 is 1.73 bits per heavy atom. The summed E-state index contributed by atoms with van der Waals surface area (Å²) in [6.45, 7) is 4.62. The van der Waals surface area contributed by atoms with Crippen LogP contribution in [0.25, 0.3) is 38.9 Å². The second kappa shape index (κ2) is 7.69. The summed E-state index contributed by atoms with van der Waals surface area (Å²) in [5.74, 6) is 3.55. The summed E-state index contributed by atoms with van der Waals surface area (Å²) in [5.41, 5.74) is 12.2. The van der Waals surface area contributed by atoms with E-state index >= 15 is 0 Å². The van der Waals surface area contributed by atoms with Gasteiger partial charge >= 0.3 is 0 Å². The SMILES string of the molecule is CC(C)C1CC(c2nc(-c3ccc4ccc(-c5ccccc5)nc4c3)c3c(N)nccn23)C1. The topological polar surface area (TPSA) is 69.1 Å². The Bertz CT molecular complexity index is 1460. The van der Waals surface area contributed by atoms with Crippen molar-refractivity contribution in [3.8, 4) is 22.5 Å². The fraction of sp³-hybridized carbons (Fsp3) is 0.250. The standard InChI is InChI=1S/C28H27N5/c1-17(2)21-14-22(15-21)28-32-25(26-27(29)30-12-13-33(26)28)20-9-8-19-10-11-23(31-24(19)16-20)18-6-4-3-5-7-18/h3-13,16-17,21-22H,14-15H2,1-2H3,(H2,29,30).